The molecule has 0 spiro atoms. The number of methoxy groups -OCH3 is 1. The zero-order chi connectivity index (χ0) is 15.3. The lowest BCUT2D eigenvalue weighted by molar-refractivity contribution is -0.384. The first-order valence-electron chi connectivity index (χ1n) is 5.76. The first kappa shape index (κ1) is 15.4. The molecule has 1 aromatic carbocycles. The summed E-state index contributed by atoms with van der Waals surface area (Å²) >= 11 is 0. The van der Waals surface area contributed by atoms with Crippen LogP contribution in [0.4, 0.5) is 5.69 Å². The highest BCUT2D eigenvalue weighted by Crippen LogP contribution is 2.24. The van der Waals surface area contributed by atoms with Crippen molar-refractivity contribution in [2.24, 2.45) is 0 Å². The second-order valence-corrected chi connectivity index (χ2v) is 3.91. The van der Waals surface area contributed by atoms with Gasteiger partial charge in [0.25, 0.3) is 11.6 Å². The molecule has 0 bridgehead atoms. The number of rotatable bonds is 6. The van der Waals surface area contributed by atoms with Crippen molar-refractivity contribution >= 4 is 17.6 Å². The second kappa shape index (κ2) is 6.50. The molecular weight excluding hydrogens is 268 g/mol. The number of nitro groups is 1. The van der Waals surface area contributed by atoms with Crippen molar-refractivity contribution in [3.63, 3.8) is 0 Å². The highest BCUT2D eigenvalue weighted by Gasteiger charge is 2.22. The first-order valence-corrected chi connectivity index (χ1v) is 5.76. The van der Waals surface area contributed by atoms with Crippen molar-refractivity contribution in [1.82, 2.24) is 5.32 Å². The fourth-order valence-corrected chi connectivity index (χ4v) is 1.56. The van der Waals surface area contributed by atoms with Gasteiger partial charge >= 0.3 is 5.97 Å². The molecule has 8 heteroatoms. The summed E-state index contributed by atoms with van der Waals surface area (Å²) in [5.74, 6) is -1.80. The lowest BCUT2D eigenvalue weighted by Gasteiger charge is -2.13. The molecule has 0 aliphatic carbocycles. The minimum absolute atomic E-state index is 0.0111. The van der Waals surface area contributed by atoms with Crippen LogP contribution in [0.15, 0.2) is 18.2 Å². The van der Waals surface area contributed by atoms with E-state index in [1.54, 1.807) is 6.92 Å². The van der Waals surface area contributed by atoms with E-state index in [2.05, 4.69) is 5.32 Å². The highest BCUT2D eigenvalue weighted by molar-refractivity contribution is 5.99. The summed E-state index contributed by atoms with van der Waals surface area (Å²) in [7, 11) is 1.27. The van der Waals surface area contributed by atoms with E-state index < -0.39 is 22.8 Å². The number of nitro benzene ring substituents is 1. The number of benzene rings is 1. The largest absolute Gasteiger partial charge is 0.496 e. The van der Waals surface area contributed by atoms with Crippen LogP contribution in [0.1, 0.15) is 23.7 Å². The van der Waals surface area contributed by atoms with Crippen LogP contribution in [0.25, 0.3) is 0 Å². The van der Waals surface area contributed by atoms with Crippen molar-refractivity contribution in [3.05, 3.63) is 33.9 Å². The standard InChI is InChI=1S/C12H14N2O6/c1-3-9(12(16)17)13-11(15)8-5-4-7(14(18)19)6-10(8)20-2/h4-6,9H,3H2,1-2H3,(H,13,15)(H,16,17)/t9-/m1/s1. The molecule has 0 saturated heterocycles. The van der Waals surface area contributed by atoms with Crippen LogP contribution in [-0.4, -0.2) is 35.1 Å². The monoisotopic (exact) mass is 282 g/mol. The third-order valence-electron chi connectivity index (χ3n) is 2.65. The summed E-state index contributed by atoms with van der Waals surface area (Å²) < 4.78 is 4.92. The zero-order valence-electron chi connectivity index (χ0n) is 11.0. The molecule has 1 amide bonds. The Morgan fingerprint density at radius 3 is 2.60 bits per heavy atom. The van der Waals surface area contributed by atoms with E-state index in [0.717, 1.165) is 12.1 Å². The number of carboxylic acids is 1. The summed E-state index contributed by atoms with van der Waals surface area (Å²) in [6.07, 6.45) is 0.219. The molecule has 0 radical (unpaired) electrons. The topological polar surface area (TPSA) is 119 Å². The number of amides is 1. The van der Waals surface area contributed by atoms with Crippen molar-refractivity contribution in [3.8, 4) is 5.75 Å². The SMILES string of the molecule is CC[C@@H](NC(=O)c1ccc([N+](=O)[O-])cc1OC)C(=O)O. The lowest BCUT2D eigenvalue weighted by atomic mass is 10.1. The minimum Gasteiger partial charge on any atom is -0.496 e. The molecule has 1 rings (SSSR count). The van der Waals surface area contributed by atoms with Crippen LogP contribution in [0.2, 0.25) is 0 Å². The summed E-state index contributed by atoms with van der Waals surface area (Å²) in [6, 6.07) is 2.46. The zero-order valence-corrected chi connectivity index (χ0v) is 11.0. The van der Waals surface area contributed by atoms with Crippen LogP contribution in [0.5, 0.6) is 5.75 Å². The number of aliphatic carboxylic acids is 1. The van der Waals surface area contributed by atoms with E-state index in [1.165, 1.54) is 13.2 Å². The summed E-state index contributed by atoms with van der Waals surface area (Å²) in [6.45, 7) is 1.62. The molecule has 0 aliphatic rings. The fraction of sp³-hybridized carbons (Fsp3) is 0.333. The van der Waals surface area contributed by atoms with Gasteiger partial charge in [-0.2, -0.15) is 0 Å². The quantitative estimate of drug-likeness (QED) is 0.597. The normalized spacial score (nSPS) is 11.5. The van der Waals surface area contributed by atoms with E-state index in [-0.39, 0.29) is 23.4 Å². The lowest BCUT2D eigenvalue weighted by Crippen LogP contribution is -2.40. The Morgan fingerprint density at radius 1 is 1.50 bits per heavy atom. The molecule has 2 N–H and O–H groups in total. The molecule has 1 aromatic rings. The van der Waals surface area contributed by atoms with E-state index in [0.29, 0.717) is 0 Å². The molecule has 1 atom stereocenters. The highest BCUT2D eigenvalue weighted by atomic mass is 16.6. The Morgan fingerprint density at radius 2 is 2.15 bits per heavy atom. The van der Waals surface area contributed by atoms with Gasteiger partial charge in [0.15, 0.2) is 0 Å². The molecule has 0 aromatic heterocycles. The Bertz CT molecular complexity index is 543. The van der Waals surface area contributed by atoms with Crippen LogP contribution >= 0.6 is 0 Å². The van der Waals surface area contributed by atoms with Crippen LogP contribution in [0, 0.1) is 10.1 Å². The molecule has 0 aliphatic heterocycles. The van der Waals surface area contributed by atoms with Gasteiger partial charge < -0.3 is 15.2 Å². The molecule has 20 heavy (non-hydrogen) atoms. The molecule has 0 fully saturated rings. The van der Waals surface area contributed by atoms with E-state index in [1.807, 2.05) is 0 Å². The molecule has 8 nitrogen and oxygen atoms in total. The summed E-state index contributed by atoms with van der Waals surface area (Å²) in [5.41, 5.74) is -0.179. The van der Waals surface area contributed by atoms with E-state index >= 15 is 0 Å². The molecule has 0 saturated carbocycles. The number of carbonyl (C=O) groups is 2. The average Bonchev–Trinajstić information content (AvgIpc) is 2.43. The number of ether oxygens (including phenoxy) is 1. The number of non-ortho nitro benzene ring substituents is 1. The smallest absolute Gasteiger partial charge is 0.326 e. The van der Waals surface area contributed by atoms with Gasteiger partial charge in [0.2, 0.25) is 0 Å². The van der Waals surface area contributed by atoms with Gasteiger partial charge in [0.1, 0.15) is 11.8 Å². The third kappa shape index (κ3) is 3.44. The van der Waals surface area contributed by atoms with Gasteiger partial charge in [0.05, 0.1) is 23.7 Å². The van der Waals surface area contributed by atoms with Gasteiger partial charge in [-0.05, 0) is 12.5 Å². The van der Waals surface area contributed by atoms with Gasteiger partial charge in [-0.1, -0.05) is 6.92 Å². The van der Waals surface area contributed by atoms with E-state index in [4.69, 9.17) is 9.84 Å². The number of nitrogens with one attached hydrogen (secondary N) is 1. The number of carboxylic acid groups (broad SMARTS) is 1. The predicted octanol–water partition coefficient (Wildman–Crippen LogP) is 1.20. The minimum atomic E-state index is -1.15. The Kier molecular flexibility index (Phi) is 5.01. The Hall–Kier alpha value is -2.64. The molecule has 108 valence electrons. The van der Waals surface area contributed by atoms with Crippen molar-refractivity contribution < 1.29 is 24.4 Å². The molecular formula is C12H14N2O6. The van der Waals surface area contributed by atoms with Crippen molar-refractivity contribution in [2.75, 3.05) is 7.11 Å². The number of nitrogens with zero attached hydrogens (tertiary/aromatic N) is 1. The second-order valence-electron chi connectivity index (χ2n) is 3.91. The van der Waals surface area contributed by atoms with Gasteiger partial charge in [0, 0.05) is 6.07 Å². The van der Waals surface area contributed by atoms with Crippen LogP contribution in [-0.2, 0) is 4.79 Å². The Labute approximate surface area is 114 Å². The maximum atomic E-state index is 12.0. The molecule has 0 unspecified atom stereocenters. The maximum absolute atomic E-state index is 12.0. The van der Waals surface area contributed by atoms with Gasteiger partial charge in [-0.25, -0.2) is 4.79 Å². The van der Waals surface area contributed by atoms with Crippen molar-refractivity contribution in [2.45, 2.75) is 19.4 Å². The van der Waals surface area contributed by atoms with Crippen molar-refractivity contribution in [1.29, 1.82) is 0 Å². The number of carbonyl (C=O) groups excluding carboxylic acids is 1. The van der Waals surface area contributed by atoms with Crippen LogP contribution < -0.4 is 10.1 Å². The average molecular weight is 282 g/mol. The number of hydrogen-bond acceptors (Lipinski definition) is 5. The summed E-state index contributed by atoms with van der Waals surface area (Å²) in [4.78, 5) is 32.8. The fourth-order valence-electron chi connectivity index (χ4n) is 1.56. The summed E-state index contributed by atoms with van der Waals surface area (Å²) in [5, 5.41) is 21.8. The predicted molar refractivity (Wildman–Crippen MR) is 68.8 cm³/mol. The van der Waals surface area contributed by atoms with Crippen LogP contribution in [0.3, 0.4) is 0 Å². The van der Waals surface area contributed by atoms with E-state index in [9.17, 15) is 19.7 Å². The third-order valence-corrected chi connectivity index (χ3v) is 2.65. The van der Waals surface area contributed by atoms with Gasteiger partial charge in [-0.15, -0.1) is 0 Å². The van der Waals surface area contributed by atoms with Gasteiger partial charge in [-0.3, -0.25) is 14.9 Å². The first-order chi connectivity index (χ1) is 9.40. The number of hydrogen-bond donors (Lipinski definition) is 2. The maximum Gasteiger partial charge on any atom is 0.326 e. The Balaban J connectivity index is 3.04. The molecule has 0 heterocycles.